The molecule has 94 valence electrons. The third-order valence-electron chi connectivity index (χ3n) is 2.15. The number of hydrogen-bond donors (Lipinski definition) is 1. The lowest BCUT2D eigenvalue weighted by Crippen LogP contribution is -2.43. The minimum atomic E-state index is -3.57. The highest BCUT2D eigenvalue weighted by Crippen LogP contribution is 2.12. The molecule has 0 saturated carbocycles. The molecule has 0 aromatic carbocycles. The fourth-order valence-corrected chi connectivity index (χ4v) is 2.81. The Labute approximate surface area is 108 Å². The maximum absolute atomic E-state index is 11.9. The molecule has 9 heteroatoms. The number of morpholine rings is 1. The molecular weight excluding hydrogens is 312 g/mol. The number of nitrogens with one attached hydrogen (secondary N) is 1. The van der Waals surface area contributed by atoms with E-state index in [9.17, 15) is 8.42 Å². The standard InChI is InChI=1S/C8H11BrN4O3S/c9-7-5-10-6-8(11-7)12-17(14,15)13-1-3-16-4-2-13/h5-6H,1-4H2,(H,11,12). The summed E-state index contributed by atoms with van der Waals surface area (Å²) in [5, 5.41) is 0. The van der Waals surface area contributed by atoms with E-state index in [1.165, 1.54) is 16.7 Å². The van der Waals surface area contributed by atoms with Crippen LogP contribution >= 0.6 is 15.9 Å². The fraction of sp³-hybridized carbons (Fsp3) is 0.500. The van der Waals surface area contributed by atoms with Crippen LogP contribution < -0.4 is 4.72 Å². The Morgan fingerprint density at radius 3 is 2.71 bits per heavy atom. The molecule has 1 saturated heterocycles. The molecule has 17 heavy (non-hydrogen) atoms. The summed E-state index contributed by atoms with van der Waals surface area (Å²) in [6, 6.07) is 0. The molecule has 2 rings (SSSR count). The Morgan fingerprint density at radius 1 is 1.35 bits per heavy atom. The lowest BCUT2D eigenvalue weighted by molar-refractivity contribution is 0.0733. The molecule has 1 aliphatic heterocycles. The Hall–Kier alpha value is -0.770. The number of anilines is 1. The van der Waals surface area contributed by atoms with Crippen LogP contribution in [0.5, 0.6) is 0 Å². The molecule has 1 aromatic rings. The zero-order chi connectivity index (χ0) is 12.3. The zero-order valence-electron chi connectivity index (χ0n) is 8.84. The molecule has 1 aromatic heterocycles. The lowest BCUT2D eigenvalue weighted by atomic mass is 10.5. The van der Waals surface area contributed by atoms with E-state index in [4.69, 9.17) is 4.74 Å². The minimum Gasteiger partial charge on any atom is -0.379 e. The van der Waals surface area contributed by atoms with Gasteiger partial charge in [0.15, 0.2) is 5.82 Å². The predicted octanol–water partition coefficient (Wildman–Crippen LogP) is 0.228. The Morgan fingerprint density at radius 2 is 2.06 bits per heavy atom. The van der Waals surface area contributed by atoms with Crippen molar-refractivity contribution in [1.29, 1.82) is 0 Å². The highest BCUT2D eigenvalue weighted by atomic mass is 79.9. The molecule has 0 aliphatic carbocycles. The van der Waals surface area contributed by atoms with Gasteiger partial charge in [-0.1, -0.05) is 0 Å². The number of halogens is 1. The first-order valence-corrected chi connectivity index (χ1v) is 7.14. The van der Waals surface area contributed by atoms with Crippen molar-refractivity contribution in [2.24, 2.45) is 0 Å². The number of rotatable bonds is 3. The van der Waals surface area contributed by atoms with Gasteiger partial charge in [0, 0.05) is 13.1 Å². The molecule has 0 unspecified atom stereocenters. The third kappa shape index (κ3) is 3.35. The van der Waals surface area contributed by atoms with E-state index >= 15 is 0 Å². The Kier molecular flexibility index (Phi) is 3.92. The maximum atomic E-state index is 11.9. The van der Waals surface area contributed by atoms with E-state index in [0.29, 0.717) is 30.9 Å². The molecule has 1 aliphatic rings. The van der Waals surface area contributed by atoms with Gasteiger partial charge in [-0.05, 0) is 15.9 Å². The summed E-state index contributed by atoms with van der Waals surface area (Å²) in [5.74, 6) is 0.186. The van der Waals surface area contributed by atoms with Crippen LogP contribution in [0.25, 0.3) is 0 Å². The second-order valence-electron chi connectivity index (χ2n) is 3.35. The van der Waals surface area contributed by atoms with E-state index in [2.05, 4.69) is 30.6 Å². The van der Waals surface area contributed by atoms with Gasteiger partial charge in [-0.3, -0.25) is 9.71 Å². The highest BCUT2D eigenvalue weighted by molar-refractivity contribution is 9.10. The van der Waals surface area contributed by atoms with Gasteiger partial charge in [-0.2, -0.15) is 12.7 Å². The van der Waals surface area contributed by atoms with Gasteiger partial charge in [-0.25, -0.2) is 4.98 Å². The molecule has 0 bridgehead atoms. The van der Waals surface area contributed by atoms with Crippen molar-refractivity contribution in [3.8, 4) is 0 Å². The SMILES string of the molecule is O=S(=O)(Nc1cncc(Br)n1)N1CCOCC1. The number of aromatic nitrogens is 2. The average molecular weight is 323 g/mol. The summed E-state index contributed by atoms with van der Waals surface area (Å²) in [6.45, 7) is 1.50. The minimum absolute atomic E-state index is 0.186. The van der Waals surface area contributed by atoms with Crippen molar-refractivity contribution < 1.29 is 13.2 Å². The van der Waals surface area contributed by atoms with Crippen LogP contribution in [0.3, 0.4) is 0 Å². The zero-order valence-corrected chi connectivity index (χ0v) is 11.2. The first-order valence-electron chi connectivity index (χ1n) is 4.91. The topological polar surface area (TPSA) is 84.4 Å². The van der Waals surface area contributed by atoms with Gasteiger partial charge in [0.1, 0.15) is 4.60 Å². The Bertz CT molecular complexity index is 489. The van der Waals surface area contributed by atoms with Crippen molar-refractivity contribution >= 4 is 32.0 Å². The highest BCUT2D eigenvalue weighted by Gasteiger charge is 2.24. The van der Waals surface area contributed by atoms with Crippen LogP contribution in [0, 0.1) is 0 Å². The lowest BCUT2D eigenvalue weighted by Gasteiger charge is -2.25. The van der Waals surface area contributed by atoms with Crippen LogP contribution in [-0.4, -0.2) is 49.0 Å². The van der Waals surface area contributed by atoms with E-state index in [1.807, 2.05) is 0 Å². The van der Waals surface area contributed by atoms with Gasteiger partial charge in [0.2, 0.25) is 0 Å². The van der Waals surface area contributed by atoms with Gasteiger partial charge < -0.3 is 4.74 Å². The number of nitrogens with zero attached hydrogens (tertiary/aromatic N) is 3. The van der Waals surface area contributed by atoms with Crippen molar-refractivity contribution in [3.05, 3.63) is 17.0 Å². The van der Waals surface area contributed by atoms with Crippen LogP contribution in [0.1, 0.15) is 0 Å². The second-order valence-corrected chi connectivity index (χ2v) is 5.83. The van der Waals surface area contributed by atoms with E-state index in [1.54, 1.807) is 0 Å². The summed E-state index contributed by atoms with van der Waals surface area (Å²) in [4.78, 5) is 7.79. The number of ether oxygens (including phenoxy) is 1. The largest absolute Gasteiger partial charge is 0.379 e. The fourth-order valence-electron chi connectivity index (χ4n) is 1.38. The summed E-state index contributed by atoms with van der Waals surface area (Å²) >= 11 is 3.12. The van der Waals surface area contributed by atoms with Gasteiger partial charge in [0.05, 0.1) is 25.6 Å². The molecule has 0 atom stereocenters. The molecular formula is C8H11BrN4O3S. The van der Waals surface area contributed by atoms with E-state index in [-0.39, 0.29) is 5.82 Å². The quantitative estimate of drug-likeness (QED) is 0.861. The van der Waals surface area contributed by atoms with Crippen molar-refractivity contribution in [3.63, 3.8) is 0 Å². The van der Waals surface area contributed by atoms with Crippen LogP contribution in [0.15, 0.2) is 17.0 Å². The maximum Gasteiger partial charge on any atom is 0.303 e. The molecule has 7 nitrogen and oxygen atoms in total. The summed E-state index contributed by atoms with van der Waals surface area (Å²) in [6.07, 6.45) is 2.83. The summed E-state index contributed by atoms with van der Waals surface area (Å²) in [7, 11) is -3.57. The van der Waals surface area contributed by atoms with Crippen LogP contribution in [-0.2, 0) is 14.9 Å². The molecule has 1 fully saturated rings. The molecule has 1 N–H and O–H groups in total. The molecule has 0 amide bonds. The summed E-state index contributed by atoms with van der Waals surface area (Å²) < 4.78 is 33.1. The van der Waals surface area contributed by atoms with Gasteiger partial charge >= 0.3 is 10.2 Å². The van der Waals surface area contributed by atoms with E-state index < -0.39 is 10.2 Å². The average Bonchev–Trinajstić information content (AvgIpc) is 2.29. The predicted molar refractivity (Wildman–Crippen MR) is 64.7 cm³/mol. The third-order valence-corrected chi connectivity index (χ3v) is 4.04. The van der Waals surface area contributed by atoms with Crippen molar-refractivity contribution in [2.45, 2.75) is 0 Å². The first-order chi connectivity index (χ1) is 8.08. The molecule has 0 radical (unpaired) electrons. The van der Waals surface area contributed by atoms with Crippen LogP contribution in [0.2, 0.25) is 0 Å². The van der Waals surface area contributed by atoms with Crippen molar-refractivity contribution in [2.75, 3.05) is 31.0 Å². The monoisotopic (exact) mass is 322 g/mol. The first kappa shape index (κ1) is 12.7. The smallest absolute Gasteiger partial charge is 0.303 e. The van der Waals surface area contributed by atoms with Gasteiger partial charge in [-0.15, -0.1) is 0 Å². The second kappa shape index (κ2) is 5.25. The molecule has 0 spiro atoms. The van der Waals surface area contributed by atoms with Crippen molar-refractivity contribution in [1.82, 2.24) is 14.3 Å². The van der Waals surface area contributed by atoms with Gasteiger partial charge in [0.25, 0.3) is 0 Å². The summed E-state index contributed by atoms with van der Waals surface area (Å²) in [5.41, 5.74) is 0. The van der Waals surface area contributed by atoms with E-state index in [0.717, 1.165) is 0 Å². The van der Waals surface area contributed by atoms with Crippen LogP contribution in [0.4, 0.5) is 5.82 Å². The number of hydrogen-bond acceptors (Lipinski definition) is 5. The molecule has 2 heterocycles. The Balaban J connectivity index is 2.11. The normalized spacial score (nSPS) is 17.9.